The third-order valence-corrected chi connectivity index (χ3v) is 7.74. The van der Waals surface area contributed by atoms with Gasteiger partial charge in [-0.1, -0.05) is 17.3 Å². The van der Waals surface area contributed by atoms with E-state index in [0.29, 0.717) is 69.2 Å². The van der Waals surface area contributed by atoms with Gasteiger partial charge in [0, 0.05) is 44.2 Å². The summed E-state index contributed by atoms with van der Waals surface area (Å²) in [5.41, 5.74) is 0.806. The Labute approximate surface area is 198 Å². The van der Waals surface area contributed by atoms with Crippen molar-refractivity contribution < 1.29 is 27.2 Å². The third kappa shape index (κ3) is 4.72. The standard InChI is InChI=1S/C23H26N4O6S/c1-30-18-5-2-4-17(14-18)23-24-22(33-25-23)16-26-8-10-27(11-9-26)34(28,29)19-6-7-20-21(15-19)32-13-3-12-31-20/h2,4-7,14-15H,3,8-13,16H2,1H3. The Morgan fingerprint density at radius 1 is 1.00 bits per heavy atom. The van der Waals surface area contributed by atoms with Crippen LogP contribution in [0.1, 0.15) is 12.3 Å². The van der Waals surface area contributed by atoms with E-state index in [9.17, 15) is 8.42 Å². The van der Waals surface area contributed by atoms with Crippen molar-refractivity contribution >= 4 is 10.0 Å². The van der Waals surface area contributed by atoms with Gasteiger partial charge in [0.15, 0.2) is 11.5 Å². The van der Waals surface area contributed by atoms with Crippen molar-refractivity contribution in [3.05, 3.63) is 48.4 Å². The Hall–Kier alpha value is -3.15. The van der Waals surface area contributed by atoms with Gasteiger partial charge in [0.05, 0.1) is 31.8 Å². The molecule has 3 aromatic rings. The van der Waals surface area contributed by atoms with E-state index in [1.807, 2.05) is 24.3 Å². The van der Waals surface area contributed by atoms with Crippen LogP contribution in [0.2, 0.25) is 0 Å². The van der Waals surface area contributed by atoms with Crippen LogP contribution >= 0.6 is 0 Å². The van der Waals surface area contributed by atoms with E-state index in [0.717, 1.165) is 17.7 Å². The van der Waals surface area contributed by atoms with Gasteiger partial charge in [0.1, 0.15) is 5.75 Å². The number of nitrogens with zero attached hydrogens (tertiary/aromatic N) is 4. The molecule has 0 unspecified atom stereocenters. The summed E-state index contributed by atoms with van der Waals surface area (Å²) >= 11 is 0. The Kier molecular flexibility index (Phi) is 6.40. The van der Waals surface area contributed by atoms with Crippen molar-refractivity contribution in [3.63, 3.8) is 0 Å². The average molecular weight is 487 g/mol. The number of fused-ring (bicyclic) bond motifs is 1. The summed E-state index contributed by atoms with van der Waals surface area (Å²) in [5.74, 6) is 2.74. The molecule has 2 aromatic carbocycles. The predicted octanol–water partition coefficient (Wildman–Crippen LogP) is 2.41. The second-order valence-corrected chi connectivity index (χ2v) is 10.0. The summed E-state index contributed by atoms with van der Waals surface area (Å²) in [6.07, 6.45) is 0.764. The summed E-state index contributed by atoms with van der Waals surface area (Å²) in [7, 11) is -2.03. The van der Waals surface area contributed by atoms with Crippen LogP contribution < -0.4 is 14.2 Å². The minimum absolute atomic E-state index is 0.213. The number of aromatic nitrogens is 2. The Morgan fingerprint density at radius 2 is 1.79 bits per heavy atom. The molecule has 1 fully saturated rings. The second-order valence-electron chi connectivity index (χ2n) is 8.08. The highest BCUT2D eigenvalue weighted by Crippen LogP contribution is 2.33. The Balaban J connectivity index is 1.21. The zero-order chi connectivity index (χ0) is 23.5. The second kappa shape index (κ2) is 9.61. The Morgan fingerprint density at radius 3 is 2.59 bits per heavy atom. The summed E-state index contributed by atoms with van der Waals surface area (Å²) in [4.78, 5) is 6.79. The number of ether oxygens (including phenoxy) is 3. The van der Waals surface area contributed by atoms with Crippen molar-refractivity contribution in [2.75, 3.05) is 46.5 Å². The van der Waals surface area contributed by atoms with Crippen LogP contribution in [-0.2, 0) is 16.6 Å². The zero-order valence-corrected chi connectivity index (χ0v) is 19.7. The highest BCUT2D eigenvalue weighted by molar-refractivity contribution is 7.89. The van der Waals surface area contributed by atoms with Crippen molar-refractivity contribution in [2.24, 2.45) is 0 Å². The molecule has 0 N–H and O–H groups in total. The number of rotatable bonds is 6. The fourth-order valence-electron chi connectivity index (χ4n) is 3.97. The van der Waals surface area contributed by atoms with Crippen LogP contribution in [0.15, 0.2) is 51.9 Å². The minimum atomic E-state index is -3.63. The van der Waals surface area contributed by atoms with Gasteiger partial charge in [0.2, 0.25) is 21.7 Å². The fourth-order valence-corrected chi connectivity index (χ4v) is 5.41. The topological polar surface area (TPSA) is 107 Å². The van der Waals surface area contributed by atoms with Gasteiger partial charge in [-0.15, -0.1) is 0 Å². The molecular weight excluding hydrogens is 460 g/mol. The fraction of sp³-hybridized carbons (Fsp3) is 0.391. The molecule has 0 bridgehead atoms. The lowest BCUT2D eigenvalue weighted by molar-refractivity contribution is 0.163. The number of hydrogen-bond donors (Lipinski definition) is 0. The molecule has 5 rings (SSSR count). The lowest BCUT2D eigenvalue weighted by atomic mass is 10.2. The van der Waals surface area contributed by atoms with Crippen LogP contribution in [0.5, 0.6) is 17.2 Å². The number of hydrogen-bond acceptors (Lipinski definition) is 9. The first-order valence-electron chi connectivity index (χ1n) is 11.1. The molecule has 0 radical (unpaired) electrons. The smallest absolute Gasteiger partial charge is 0.243 e. The molecule has 1 saturated heterocycles. The maximum absolute atomic E-state index is 13.2. The molecule has 0 aliphatic carbocycles. The van der Waals surface area contributed by atoms with Crippen molar-refractivity contribution in [2.45, 2.75) is 17.9 Å². The lowest BCUT2D eigenvalue weighted by Crippen LogP contribution is -2.48. The molecule has 180 valence electrons. The van der Waals surface area contributed by atoms with E-state index in [1.165, 1.54) is 4.31 Å². The molecule has 10 nitrogen and oxygen atoms in total. The largest absolute Gasteiger partial charge is 0.497 e. The van der Waals surface area contributed by atoms with Crippen molar-refractivity contribution in [3.8, 4) is 28.6 Å². The quantitative estimate of drug-likeness (QED) is 0.519. The average Bonchev–Trinajstić information content (AvgIpc) is 3.20. The zero-order valence-electron chi connectivity index (χ0n) is 18.8. The molecule has 2 aliphatic heterocycles. The molecule has 1 aromatic heterocycles. The van der Waals surface area contributed by atoms with Gasteiger partial charge >= 0.3 is 0 Å². The summed E-state index contributed by atoms with van der Waals surface area (Å²) in [6.45, 7) is 3.37. The Bertz CT molecular complexity index is 1250. The minimum Gasteiger partial charge on any atom is -0.497 e. The van der Waals surface area contributed by atoms with Crippen LogP contribution in [0.3, 0.4) is 0 Å². The van der Waals surface area contributed by atoms with Crippen molar-refractivity contribution in [1.29, 1.82) is 0 Å². The number of benzene rings is 2. The van der Waals surface area contributed by atoms with Crippen molar-refractivity contribution in [1.82, 2.24) is 19.3 Å². The molecular formula is C23H26N4O6S. The maximum Gasteiger partial charge on any atom is 0.243 e. The van der Waals surface area contributed by atoms with E-state index in [1.54, 1.807) is 25.3 Å². The first kappa shape index (κ1) is 22.6. The molecule has 3 heterocycles. The lowest BCUT2D eigenvalue weighted by Gasteiger charge is -2.33. The molecule has 2 aliphatic rings. The first-order valence-corrected chi connectivity index (χ1v) is 12.6. The molecule has 34 heavy (non-hydrogen) atoms. The highest BCUT2D eigenvalue weighted by Gasteiger charge is 2.30. The van der Waals surface area contributed by atoms with Crippen LogP contribution in [0.4, 0.5) is 0 Å². The monoisotopic (exact) mass is 486 g/mol. The van der Waals surface area contributed by atoms with E-state index in [4.69, 9.17) is 18.7 Å². The van der Waals surface area contributed by atoms with Crippen LogP contribution in [-0.4, -0.2) is 74.3 Å². The number of piperazine rings is 1. The molecule has 0 spiro atoms. The molecule has 0 saturated carbocycles. The highest BCUT2D eigenvalue weighted by atomic mass is 32.2. The molecule has 11 heteroatoms. The maximum atomic E-state index is 13.2. The molecule has 0 atom stereocenters. The van der Waals surface area contributed by atoms with Gasteiger partial charge in [0.25, 0.3) is 0 Å². The van der Waals surface area contributed by atoms with E-state index in [-0.39, 0.29) is 4.90 Å². The summed E-state index contributed by atoms with van der Waals surface area (Å²) < 4.78 is 49.8. The SMILES string of the molecule is COc1cccc(-c2noc(CN3CCN(S(=O)(=O)c4ccc5c(c4)OCCCO5)CC3)n2)c1. The van der Waals surface area contributed by atoms with Gasteiger partial charge in [-0.05, 0) is 24.3 Å². The van der Waals surface area contributed by atoms with Gasteiger partial charge in [-0.2, -0.15) is 9.29 Å². The summed E-state index contributed by atoms with van der Waals surface area (Å²) in [5, 5.41) is 4.07. The third-order valence-electron chi connectivity index (χ3n) is 5.84. The number of sulfonamides is 1. The first-order chi connectivity index (χ1) is 16.5. The van der Waals surface area contributed by atoms with E-state index in [2.05, 4.69) is 15.0 Å². The normalized spacial score (nSPS) is 17.3. The van der Waals surface area contributed by atoms with E-state index >= 15 is 0 Å². The number of methoxy groups -OCH3 is 1. The van der Waals surface area contributed by atoms with E-state index < -0.39 is 10.0 Å². The predicted molar refractivity (Wildman–Crippen MR) is 122 cm³/mol. The van der Waals surface area contributed by atoms with Crippen LogP contribution in [0.25, 0.3) is 11.4 Å². The van der Waals surface area contributed by atoms with Crippen LogP contribution in [0, 0.1) is 0 Å². The molecule has 0 amide bonds. The summed E-state index contributed by atoms with van der Waals surface area (Å²) in [6, 6.07) is 12.3. The van der Waals surface area contributed by atoms with Gasteiger partial charge in [-0.25, -0.2) is 8.42 Å². The van der Waals surface area contributed by atoms with Gasteiger partial charge < -0.3 is 18.7 Å². The van der Waals surface area contributed by atoms with Gasteiger partial charge in [-0.3, -0.25) is 4.90 Å².